The molecule has 32 heavy (non-hydrogen) atoms. The van der Waals surface area contributed by atoms with Crippen molar-refractivity contribution in [3.8, 4) is 0 Å². The molecule has 3 heterocycles. The highest BCUT2D eigenvalue weighted by Gasteiger charge is 2.75. The molecule has 8 heteroatoms. The van der Waals surface area contributed by atoms with E-state index in [1.807, 2.05) is 30.3 Å². The van der Waals surface area contributed by atoms with Crippen LogP contribution in [0, 0.1) is 11.8 Å². The van der Waals surface area contributed by atoms with E-state index in [0.29, 0.717) is 19.4 Å². The van der Waals surface area contributed by atoms with Crippen LogP contribution in [-0.2, 0) is 19.1 Å². The number of unbranched alkanes of at least 4 members (excludes halogenated alkanes) is 2. The minimum atomic E-state index is -1.05. The number of carbonyl (C=O) groups is 3. The lowest BCUT2D eigenvalue weighted by Gasteiger charge is -2.36. The molecule has 2 unspecified atom stereocenters. The molecular formula is C24H33N3O5. The van der Waals surface area contributed by atoms with Gasteiger partial charge in [-0.3, -0.25) is 14.4 Å². The Bertz CT molecular complexity index is 862. The molecule has 3 aliphatic heterocycles. The molecule has 3 aliphatic rings. The number of fused-ring (bicyclic) bond motifs is 1. The van der Waals surface area contributed by atoms with Gasteiger partial charge in [0.1, 0.15) is 11.6 Å². The van der Waals surface area contributed by atoms with Crippen LogP contribution in [0.5, 0.6) is 0 Å². The van der Waals surface area contributed by atoms with E-state index in [1.54, 1.807) is 7.05 Å². The molecule has 1 spiro atoms. The Morgan fingerprint density at radius 3 is 2.66 bits per heavy atom. The highest BCUT2D eigenvalue weighted by molar-refractivity contribution is 5.99. The van der Waals surface area contributed by atoms with Gasteiger partial charge in [-0.05, 0) is 24.8 Å². The van der Waals surface area contributed by atoms with Gasteiger partial charge in [0.25, 0.3) is 0 Å². The van der Waals surface area contributed by atoms with E-state index in [2.05, 4.69) is 17.6 Å². The maximum atomic E-state index is 13.8. The van der Waals surface area contributed by atoms with Crippen molar-refractivity contribution in [2.24, 2.45) is 11.8 Å². The number of carbonyl (C=O) groups excluding carboxylic acids is 3. The first-order valence-electron chi connectivity index (χ1n) is 11.6. The van der Waals surface area contributed by atoms with Gasteiger partial charge >= 0.3 is 0 Å². The molecule has 3 saturated heterocycles. The molecule has 0 aromatic heterocycles. The number of hydrogen-bond donors (Lipinski definition) is 3. The third kappa shape index (κ3) is 3.49. The SMILES string of the molecule is CCCCCNC(=O)C1N([C@H](CO)c2ccccc2)C(=O)[C@@H]2[C@@H](C(=O)NC)[C@H]3CCC12O3. The first kappa shape index (κ1) is 22.7. The number of nitrogens with zero attached hydrogens (tertiary/aromatic N) is 1. The van der Waals surface area contributed by atoms with Gasteiger partial charge in [0, 0.05) is 13.6 Å². The zero-order valence-corrected chi connectivity index (χ0v) is 18.8. The molecule has 8 nitrogen and oxygen atoms in total. The van der Waals surface area contributed by atoms with Crippen LogP contribution in [0.15, 0.2) is 30.3 Å². The second kappa shape index (κ2) is 9.19. The second-order valence-corrected chi connectivity index (χ2v) is 9.02. The normalized spacial score (nSPS) is 31.5. The Balaban J connectivity index is 1.73. The second-order valence-electron chi connectivity index (χ2n) is 9.02. The molecule has 3 fully saturated rings. The lowest BCUT2D eigenvalue weighted by Crippen LogP contribution is -2.56. The number of aliphatic hydroxyl groups is 1. The summed E-state index contributed by atoms with van der Waals surface area (Å²) in [5, 5.41) is 16.0. The molecule has 0 aliphatic carbocycles. The number of rotatable bonds is 9. The Morgan fingerprint density at radius 2 is 2.00 bits per heavy atom. The van der Waals surface area contributed by atoms with Crippen molar-refractivity contribution < 1.29 is 24.2 Å². The summed E-state index contributed by atoms with van der Waals surface area (Å²) in [5.41, 5.74) is -0.301. The van der Waals surface area contributed by atoms with Crippen LogP contribution in [0.4, 0.5) is 0 Å². The van der Waals surface area contributed by atoms with Crippen molar-refractivity contribution in [3.63, 3.8) is 0 Å². The molecular weight excluding hydrogens is 410 g/mol. The number of aliphatic hydroxyl groups excluding tert-OH is 1. The predicted molar refractivity (Wildman–Crippen MR) is 117 cm³/mol. The van der Waals surface area contributed by atoms with Crippen LogP contribution in [0.2, 0.25) is 0 Å². The maximum absolute atomic E-state index is 13.8. The number of benzene rings is 1. The fraction of sp³-hybridized carbons (Fsp3) is 0.625. The highest BCUT2D eigenvalue weighted by atomic mass is 16.5. The van der Waals surface area contributed by atoms with Crippen molar-refractivity contribution in [1.82, 2.24) is 15.5 Å². The molecule has 3 amide bonds. The Kier molecular flexibility index (Phi) is 6.53. The third-order valence-corrected chi connectivity index (χ3v) is 7.31. The summed E-state index contributed by atoms with van der Waals surface area (Å²) in [5.74, 6) is -2.16. The van der Waals surface area contributed by atoms with Gasteiger partial charge in [0.05, 0.1) is 30.6 Å². The van der Waals surface area contributed by atoms with Gasteiger partial charge in [0.2, 0.25) is 17.7 Å². The van der Waals surface area contributed by atoms with E-state index in [4.69, 9.17) is 4.74 Å². The van der Waals surface area contributed by atoms with E-state index in [1.165, 1.54) is 4.90 Å². The minimum absolute atomic E-state index is 0.237. The van der Waals surface area contributed by atoms with E-state index in [-0.39, 0.29) is 30.4 Å². The molecule has 4 rings (SSSR count). The van der Waals surface area contributed by atoms with Crippen LogP contribution in [0.3, 0.4) is 0 Å². The first-order valence-corrected chi connectivity index (χ1v) is 11.6. The van der Waals surface area contributed by atoms with E-state index in [9.17, 15) is 19.5 Å². The predicted octanol–water partition coefficient (Wildman–Crippen LogP) is 1.15. The topological polar surface area (TPSA) is 108 Å². The molecule has 3 N–H and O–H groups in total. The fourth-order valence-electron chi connectivity index (χ4n) is 5.91. The summed E-state index contributed by atoms with van der Waals surface area (Å²) in [4.78, 5) is 41.6. The van der Waals surface area contributed by atoms with Crippen LogP contribution in [-0.4, -0.2) is 65.7 Å². The molecule has 1 aromatic rings. The summed E-state index contributed by atoms with van der Waals surface area (Å²) >= 11 is 0. The molecule has 2 bridgehead atoms. The summed E-state index contributed by atoms with van der Waals surface area (Å²) in [6.07, 6.45) is 3.69. The van der Waals surface area contributed by atoms with E-state index >= 15 is 0 Å². The number of hydrogen-bond acceptors (Lipinski definition) is 5. The van der Waals surface area contributed by atoms with Crippen LogP contribution in [0.25, 0.3) is 0 Å². The largest absolute Gasteiger partial charge is 0.394 e. The standard InChI is InChI=1S/C24H33N3O5/c1-3-4-8-13-26-22(30)20-24-12-11-17(32-24)18(21(29)25-2)19(24)23(31)27(20)16(14-28)15-9-6-5-7-10-15/h5-7,9-10,16-20,28H,3-4,8,11-14H2,1-2H3,(H,25,29)(H,26,30)/t16-,17-,18+,19+,20?,24?/m1/s1. The van der Waals surface area contributed by atoms with Crippen LogP contribution >= 0.6 is 0 Å². The molecule has 0 radical (unpaired) electrons. The average molecular weight is 444 g/mol. The Morgan fingerprint density at radius 1 is 1.25 bits per heavy atom. The van der Waals surface area contributed by atoms with Crippen molar-refractivity contribution >= 4 is 17.7 Å². The van der Waals surface area contributed by atoms with Gasteiger partial charge in [-0.2, -0.15) is 0 Å². The highest BCUT2D eigenvalue weighted by Crippen LogP contribution is 2.59. The summed E-state index contributed by atoms with van der Waals surface area (Å²) in [6.45, 7) is 2.29. The van der Waals surface area contributed by atoms with Crippen LogP contribution in [0.1, 0.15) is 50.6 Å². The van der Waals surface area contributed by atoms with E-state index < -0.39 is 29.5 Å². The van der Waals surface area contributed by atoms with Gasteiger partial charge in [0.15, 0.2) is 0 Å². The fourth-order valence-corrected chi connectivity index (χ4v) is 5.91. The number of likely N-dealkylation sites (tertiary alicyclic amines) is 1. The molecule has 1 aromatic carbocycles. The van der Waals surface area contributed by atoms with Gasteiger partial charge in [-0.1, -0.05) is 50.1 Å². The summed E-state index contributed by atoms with van der Waals surface area (Å²) < 4.78 is 6.35. The van der Waals surface area contributed by atoms with Crippen molar-refractivity contribution in [3.05, 3.63) is 35.9 Å². The molecule has 6 atom stereocenters. The maximum Gasteiger partial charge on any atom is 0.245 e. The first-order chi connectivity index (χ1) is 15.5. The lowest BCUT2D eigenvalue weighted by atomic mass is 9.70. The number of amides is 3. The molecule has 0 saturated carbocycles. The average Bonchev–Trinajstić information content (AvgIpc) is 3.45. The van der Waals surface area contributed by atoms with Crippen LogP contribution < -0.4 is 10.6 Å². The van der Waals surface area contributed by atoms with E-state index in [0.717, 1.165) is 24.8 Å². The minimum Gasteiger partial charge on any atom is -0.394 e. The zero-order valence-electron chi connectivity index (χ0n) is 18.8. The summed E-state index contributed by atoms with van der Waals surface area (Å²) in [6, 6.07) is 7.64. The Hall–Kier alpha value is -2.45. The lowest BCUT2D eigenvalue weighted by molar-refractivity contribution is -0.145. The van der Waals surface area contributed by atoms with Crippen molar-refractivity contribution in [2.45, 2.75) is 62.8 Å². The van der Waals surface area contributed by atoms with Gasteiger partial charge in [-0.25, -0.2) is 0 Å². The van der Waals surface area contributed by atoms with Crippen molar-refractivity contribution in [2.75, 3.05) is 20.2 Å². The monoisotopic (exact) mass is 443 g/mol. The third-order valence-electron chi connectivity index (χ3n) is 7.31. The molecule has 174 valence electrons. The number of nitrogens with one attached hydrogen (secondary N) is 2. The Labute approximate surface area is 188 Å². The summed E-state index contributed by atoms with van der Waals surface area (Å²) in [7, 11) is 1.55. The smallest absolute Gasteiger partial charge is 0.245 e. The van der Waals surface area contributed by atoms with Gasteiger partial charge < -0.3 is 25.4 Å². The zero-order chi connectivity index (χ0) is 22.9. The number of ether oxygens (including phenoxy) is 1. The van der Waals surface area contributed by atoms with Crippen molar-refractivity contribution in [1.29, 1.82) is 0 Å². The quantitative estimate of drug-likeness (QED) is 0.496. The van der Waals surface area contributed by atoms with Gasteiger partial charge in [-0.15, -0.1) is 0 Å².